The van der Waals surface area contributed by atoms with Gasteiger partial charge in [0.25, 0.3) is 0 Å². The lowest BCUT2D eigenvalue weighted by atomic mass is 9.88. The van der Waals surface area contributed by atoms with Crippen LogP contribution in [0.25, 0.3) is 0 Å². The molecule has 0 amide bonds. The Balaban J connectivity index is 1.79. The predicted octanol–water partition coefficient (Wildman–Crippen LogP) is 2.59. The first kappa shape index (κ1) is 16.8. The summed E-state index contributed by atoms with van der Waals surface area (Å²) < 4.78 is 0. The number of nitrogens with one attached hydrogen (secondary N) is 1. The summed E-state index contributed by atoms with van der Waals surface area (Å²) in [5.74, 6) is 2.03. The molecular formula is C17H32N2O2. The zero-order valence-electron chi connectivity index (χ0n) is 14.1. The molecule has 0 saturated heterocycles. The van der Waals surface area contributed by atoms with Gasteiger partial charge in [0.2, 0.25) is 0 Å². The van der Waals surface area contributed by atoms with Gasteiger partial charge in [0.15, 0.2) is 0 Å². The van der Waals surface area contributed by atoms with E-state index in [4.69, 9.17) is 0 Å². The lowest BCUT2D eigenvalue weighted by Crippen LogP contribution is -2.53. The standard InChI is InChI=1S/C17H32N2O2/c1-12(2)18-17(3,16(20)21)7-8-19(4)11-15-10-13-5-6-14(15)9-13/h12-15,18H,5-11H2,1-4H3,(H,20,21). The maximum absolute atomic E-state index is 11.5. The predicted molar refractivity (Wildman–Crippen MR) is 85.4 cm³/mol. The summed E-state index contributed by atoms with van der Waals surface area (Å²) in [6.07, 6.45) is 6.36. The van der Waals surface area contributed by atoms with Gasteiger partial charge in [0, 0.05) is 19.1 Å². The van der Waals surface area contributed by atoms with E-state index in [1.807, 2.05) is 13.8 Å². The lowest BCUT2D eigenvalue weighted by molar-refractivity contribution is -0.144. The Kier molecular flexibility index (Phi) is 5.31. The molecule has 2 fully saturated rings. The molecule has 2 saturated carbocycles. The van der Waals surface area contributed by atoms with Crippen molar-refractivity contribution in [1.82, 2.24) is 10.2 Å². The van der Waals surface area contributed by atoms with Gasteiger partial charge in [-0.2, -0.15) is 0 Å². The molecule has 122 valence electrons. The van der Waals surface area contributed by atoms with Crippen molar-refractivity contribution in [3.63, 3.8) is 0 Å². The van der Waals surface area contributed by atoms with Crippen LogP contribution in [0.5, 0.6) is 0 Å². The molecule has 0 aromatic heterocycles. The Morgan fingerprint density at radius 1 is 1.38 bits per heavy atom. The average molecular weight is 296 g/mol. The molecule has 0 spiro atoms. The molecule has 0 aliphatic heterocycles. The number of hydrogen-bond acceptors (Lipinski definition) is 3. The second-order valence-electron chi connectivity index (χ2n) is 7.88. The van der Waals surface area contributed by atoms with Crippen molar-refractivity contribution >= 4 is 5.97 Å². The van der Waals surface area contributed by atoms with Crippen molar-refractivity contribution < 1.29 is 9.90 Å². The van der Waals surface area contributed by atoms with Gasteiger partial charge < -0.3 is 10.0 Å². The van der Waals surface area contributed by atoms with Crippen LogP contribution in [0.1, 0.15) is 52.9 Å². The lowest BCUT2D eigenvalue weighted by Gasteiger charge is -2.32. The molecule has 2 bridgehead atoms. The Morgan fingerprint density at radius 2 is 2.10 bits per heavy atom. The van der Waals surface area contributed by atoms with Crippen LogP contribution in [0.15, 0.2) is 0 Å². The van der Waals surface area contributed by atoms with E-state index >= 15 is 0 Å². The van der Waals surface area contributed by atoms with Gasteiger partial charge in [0.05, 0.1) is 0 Å². The van der Waals surface area contributed by atoms with Crippen LogP contribution < -0.4 is 5.32 Å². The minimum Gasteiger partial charge on any atom is -0.480 e. The summed E-state index contributed by atoms with van der Waals surface area (Å²) in [6, 6.07) is 0.182. The topological polar surface area (TPSA) is 52.6 Å². The fraction of sp³-hybridized carbons (Fsp3) is 0.941. The fourth-order valence-corrected chi connectivity index (χ4v) is 4.38. The number of hydrogen-bond donors (Lipinski definition) is 2. The van der Waals surface area contributed by atoms with Gasteiger partial charge in [-0.15, -0.1) is 0 Å². The third-order valence-electron chi connectivity index (χ3n) is 5.50. The molecule has 4 atom stereocenters. The van der Waals surface area contributed by atoms with Crippen LogP contribution in [0.3, 0.4) is 0 Å². The molecule has 0 aromatic carbocycles. The molecule has 4 nitrogen and oxygen atoms in total. The van der Waals surface area contributed by atoms with E-state index < -0.39 is 11.5 Å². The van der Waals surface area contributed by atoms with E-state index in [9.17, 15) is 9.90 Å². The van der Waals surface area contributed by atoms with Crippen molar-refractivity contribution in [3.05, 3.63) is 0 Å². The maximum Gasteiger partial charge on any atom is 0.323 e. The van der Waals surface area contributed by atoms with Crippen LogP contribution in [0.2, 0.25) is 0 Å². The zero-order valence-corrected chi connectivity index (χ0v) is 14.1. The van der Waals surface area contributed by atoms with Crippen molar-refractivity contribution in [3.8, 4) is 0 Å². The highest BCUT2D eigenvalue weighted by molar-refractivity contribution is 5.78. The quantitative estimate of drug-likeness (QED) is 0.723. The average Bonchev–Trinajstić information content (AvgIpc) is 2.97. The minimum absolute atomic E-state index is 0.182. The molecule has 4 heteroatoms. The van der Waals surface area contributed by atoms with Gasteiger partial charge >= 0.3 is 5.97 Å². The largest absolute Gasteiger partial charge is 0.480 e. The van der Waals surface area contributed by atoms with E-state index in [1.165, 1.54) is 25.7 Å². The minimum atomic E-state index is -0.822. The number of fused-ring (bicyclic) bond motifs is 2. The second-order valence-corrected chi connectivity index (χ2v) is 7.88. The Hall–Kier alpha value is -0.610. The third-order valence-corrected chi connectivity index (χ3v) is 5.50. The van der Waals surface area contributed by atoms with E-state index in [1.54, 1.807) is 6.92 Å². The summed E-state index contributed by atoms with van der Waals surface area (Å²) >= 11 is 0. The Bertz CT molecular complexity index is 372. The summed E-state index contributed by atoms with van der Waals surface area (Å²) in [5.41, 5.74) is -0.822. The van der Waals surface area contributed by atoms with E-state index in [-0.39, 0.29) is 6.04 Å². The van der Waals surface area contributed by atoms with E-state index in [0.717, 1.165) is 30.8 Å². The number of carbonyl (C=O) groups is 1. The van der Waals surface area contributed by atoms with Crippen molar-refractivity contribution in [2.45, 2.75) is 64.5 Å². The molecule has 2 aliphatic rings. The zero-order chi connectivity index (χ0) is 15.6. The van der Waals surface area contributed by atoms with Crippen LogP contribution in [-0.4, -0.2) is 47.7 Å². The SMILES string of the molecule is CC(C)NC(C)(CCN(C)CC1CC2CCC1C2)C(=O)O. The van der Waals surface area contributed by atoms with Crippen molar-refractivity contribution in [2.75, 3.05) is 20.1 Å². The van der Waals surface area contributed by atoms with Crippen LogP contribution in [-0.2, 0) is 4.79 Å². The molecule has 2 rings (SSSR count). The first-order valence-corrected chi connectivity index (χ1v) is 8.50. The monoisotopic (exact) mass is 296 g/mol. The number of rotatable bonds is 8. The third kappa shape index (κ3) is 4.19. The van der Waals surface area contributed by atoms with Crippen LogP contribution in [0, 0.1) is 17.8 Å². The Morgan fingerprint density at radius 3 is 2.57 bits per heavy atom. The van der Waals surface area contributed by atoms with Crippen LogP contribution in [0.4, 0.5) is 0 Å². The second kappa shape index (κ2) is 6.66. The summed E-state index contributed by atoms with van der Waals surface area (Å²) in [7, 11) is 2.14. The molecule has 0 radical (unpaired) electrons. The van der Waals surface area contributed by atoms with Gasteiger partial charge in [0.1, 0.15) is 5.54 Å². The normalized spacial score (nSPS) is 31.0. The van der Waals surface area contributed by atoms with Crippen LogP contribution >= 0.6 is 0 Å². The van der Waals surface area contributed by atoms with Gasteiger partial charge in [-0.3, -0.25) is 10.1 Å². The van der Waals surface area contributed by atoms with Crippen molar-refractivity contribution in [2.24, 2.45) is 17.8 Å². The van der Waals surface area contributed by atoms with Crippen molar-refractivity contribution in [1.29, 1.82) is 0 Å². The van der Waals surface area contributed by atoms with Gasteiger partial charge in [-0.1, -0.05) is 6.42 Å². The molecule has 4 unspecified atom stereocenters. The van der Waals surface area contributed by atoms with E-state index in [2.05, 4.69) is 17.3 Å². The first-order valence-electron chi connectivity index (χ1n) is 8.50. The summed E-state index contributed by atoms with van der Waals surface area (Å²) in [5, 5.41) is 12.7. The molecule has 21 heavy (non-hydrogen) atoms. The molecule has 2 aliphatic carbocycles. The summed E-state index contributed by atoms with van der Waals surface area (Å²) in [6.45, 7) is 7.79. The van der Waals surface area contributed by atoms with E-state index in [0.29, 0.717) is 6.42 Å². The molecule has 0 aromatic rings. The molecule has 2 N–H and O–H groups in total. The Labute approximate surface area is 129 Å². The molecule has 0 heterocycles. The highest BCUT2D eigenvalue weighted by atomic mass is 16.4. The maximum atomic E-state index is 11.5. The number of nitrogens with zero attached hydrogens (tertiary/aromatic N) is 1. The molecular weight excluding hydrogens is 264 g/mol. The van der Waals surface area contributed by atoms with Gasteiger partial charge in [-0.25, -0.2) is 0 Å². The fourth-order valence-electron chi connectivity index (χ4n) is 4.38. The highest BCUT2D eigenvalue weighted by Gasteiger charge is 2.40. The smallest absolute Gasteiger partial charge is 0.323 e. The highest BCUT2D eigenvalue weighted by Crippen LogP contribution is 2.48. The van der Waals surface area contributed by atoms with Gasteiger partial charge in [-0.05, 0) is 71.3 Å². The summed E-state index contributed by atoms with van der Waals surface area (Å²) in [4.78, 5) is 13.9. The number of aliphatic carboxylic acids is 1. The number of carboxylic acids is 1. The first-order chi connectivity index (χ1) is 9.80. The number of carboxylic acid groups (broad SMARTS) is 1.